The zero-order chi connectivity index (χ0) is 21.0. The molecule has 156 valence electrons. The smallest absolute Gasteiger partial charge is 0.338 e. The van der Waals surface area contributed by atoms with Crippen LogP contribution in [0.3, 0.4) is 0 Å². The van der Waals surface area contributed by atoms with Gasteiger partial charge in [0.1, 0.15) is 0 Å². The minimum atomic E-state index is -0.812. The molecule has 29 heavy (non-hydrogen) atoms. The van der Waals surface area contributed by atoms with Gasteiger partial charge < -0.3 is 9.84 Å². The lowest BCUT2D eigenvalue weighted by atomic mass is 9.96. The highest BCUT2D eigenvalue weighted by Crippen LogP contribution is 2.29. The van der Waals surface area contributed by atoms with E-state index in [0.717, 1.165) is 17.7 Å². The van der Waals surface area contributed by atoms with Crippen LogP contribution in [0.2, 0.25) is 0 Å². The van der Waals surface area contributed by atoms with Crippen LogP contribution in [0.4, 0.5) is 5.69 Å². The molecule has 0 spiro atoms. The van der Waals surface area contributed by atoms with Crippen molar-refractivity contribution >= 4 is 29.4 Å². The van der Waals surface area contributed by atoms with Gasteiger partial charge in [-0.2, -0.15) is 0 Å². The van der Waals surface area contributed by atoms with E-state index in [1.54, 1.807) is 24.3 Å². The summed E-state index contributed by atoms with van der Waals surface area (Å²) in [6, 6.07) is 5.69. The highest BCUT2D eigenvalue weighted by Gasteiger charge is 2.43. The number of carboxylic acids is 1. The summed E-state index contributed by atoms with van der Waals surface area (Å²) in [5, 5.41) is 9.12. The quantitative estimate of drug-likeness (QED) is 0.423. The molecule has 1 atom stereocenters. The van der Waals surface area contributed by atoms with Crippen molar-refractivity contribution in [3.8, 4) is 0 Å². The lowest BCUT2D eigenvalue weighted by Gasteiger charge is -2.33. The molecule has 2 amide bonds. The number of benzene rings is 1. The van der Waals surface area contributed by atoms with Gasteiger partial charge >= 0.3 is 11.9 Å². The van der Waals surface area contributed by atoms with E-state index < -0.39 is 18.0 Å². The van der Waals surface area contributed by atoms with Gasteiger partial charge in [-0.1, -0.05) is 13.3 Å². The molecular weight excluding hydrogens is 376 g/mol. The number of ether oxygens (including phenoxy) is 1. The Balaban J connectivity index is 1.64. The van der Waals surface area contributed by atoms with Crippen LogP contribution in [0, 0.1) is 5.92 Å². The Bertz CT molecular complexity index is 783. The topological polar surface area (TPSA) is 104 Å². The van der Waals surface area contributed by atoms with Crippen LogP contribution in [0.1, 0.15) is 49.4 Å². The molecule has 8 heteroatoms. The molecule has 0 aromatic heterocycles. The Kier molecular flexibility index (Phi) is 6.64. The predicted molar refractivity (Wildman–Crippen MR) is 104 cm³/mol. The van der Waals surface area contributed by atoms with Crippen LogP contribution in [0.5, 0.6) is 0 Å². The molecule has 0 saturated carbocycles. The molecule has 1 N–H and O–H groups in total. The first-order valence-electron chi connectivity index (χ1n) is 10.0. The summed E-state index contributed by atoms with van der Waals surface area (Å²) in [6.45, 7) is 3.34. The first-order chi connectivity index (χ1) is 13.9. The van der Waals surface area contributed by atoms with Gasteiger partial charge in [0.2, 0.25) is 5.91 Å². The molecule has 0 aliphatic carbocycles. The standard InChI is InChI=1S/C21H26N2O6/c1-2-3-12-29-21(28)15-4-6-16(7-5-15)23-18(24)13-17(19(23)25)22-10-8-14(9-11-22)20(26)27/h4-7,14,17H,2-3,8-13H2,1H3,(H,26,27). The largest absolute Gasteiger partial charge is 0.481 e. The number of hydrogen-bond acceptors (Lipinski definition) is 6. The van der Waals surface area contributed by atoms with Gasteiger partial charge in [-0.15, -0.1) is 0 Å². The minimum absolute atomic E-state index is 0.0807. The van der Waals surface area contributed by atoms with E-state index in [-0.39, 0.29) is 24.2 Å². The van der Waals surface area contributed by atoms with E-state index in [1.165, 1.54) is 0 Å². The van der Waals surface area contributed by atoms with Gasteiger partial charge in [0.15, 0.2) is 0 Å². The van der Waals surface area contributed by atoms with Gasteiger partial charge in [-0.3, -0.25) is 19.3 Å². The third kappa shape index (κ3) is 4.64. The maximum absolute atomic E-state index is 12.9. The Labute approximate surface area is 169 Å². The van der Waals surface area contributed by atoms with E-state index in [9.17, 15) is 19.2 Å². The van der Waals surface area contributed by atoms with Crippen LogP contribution >= 0.6 is 0 Å². The Morgan fingerprint density at radius 3 is 2.38 bits per heavy atom. The van der Waals surface area contributed by atoms with Crippen LogP contribution < -0.4 is 4.90 Å². The number of esters is 1. The second kappa shape index (κ2) is 9.17. The molecule has 1 aromatic carbocycles. The number of unbranched alkanes of at least 4 members (excludes halogenated alkanes) is 1. The van der Waals surface area contributed by atoms with Crippen molar-refractivity contribution in [2.45, 2.75) is 45.1 Å². The number of likely N-dealkylation sites (tertiary alicyclic amines) is 1. The first kappa shape index (κ1) is 21.0. The number of amides is 2. The third-order valence-corrected chi connectivity index (χ3v) is 5.53. The Morgan fingerprint density at radius 1 is 1.14 bits per heavy atom. The summed E-state index contributed by atoms with van der Waals surface area (Å²) in [7, 11) is 0. The summed E-state index contributed by atoms with van der Waals surface area (Å²) >= 11 is 0. The number of aliphatic carboxylic acids is 1. The molecule has 2 saturated heterocycles. The average Bonchev–Trinajstić information content (AvgIpc) is 3.02. The van der Waals surface area contributed by atoms with Crippen molar-refractivity contribution in [3.05, 3.63) is 29.8 Å². The average molecular weight is 402 g/mol. The number of nitrogens with zero attached hydrogens (tertiary/aromatic N) is 2. The van der Waals surface area contributed by atoms with Crippen molar-refractivity contribution in [2.24, 2.45) is 5.92 Å². The lowest BCUT2D eigenvalue weighted by molar-refractivity contribution is -0.143. The van der Waals surface area contributed by atoms with Gasteiger partial charge in [0, 0.05) is 0 Å². The van der Waals surface area contributed by atoms with Gasteiger partial charge in [0.05, 0.1) is 36.2 Å². The molecule has 8 nitrogen and oxygen atoms in total. The number of rotatable bonds is 7. The fourth-order valence-corrected chi connectivity index (χ4v) is 3.77. The van der Waals surface area contributed by atoms with Crippen LogP contribution in [0.25, 0.3) is 0 Å². The monoisotopic (exact) mass is 402 g/mol. The number of carboxylic acid groups (broad SMARTS) is 1. The van der Waals surface area contributed by atoms with Crippen molar-refractivity contribution in [3.63, 3.8) is 0 Å². The second-order valence-corrected chi connectivity index (χ2v) is 7.47. The van der Waals surface area contributed by atoms with E-state index >= 15 is 0 Å². The fourth-order valence-electron chi connectivity index (χ4n) is 3.77. The summed E-state index contributed by atoms with van der Waals surface area (Å²) in [5.74, 6) is -2.23. The van der Waals surface area contributed by atoms with Crippen molar-refractivity contribution in [1.29, 1.82) is 0 Å². The van der Waals surface area contributed by atoms with Crippen LogP contribution in [0.15, 0.2) is 24.3 Å². The van der Waals surface area contributed by atoms with Crippen LogP contribution in [-0.2, 0) is 19.1 Å². The minimum Gasteiger partial charge on any atom is -0.481 e. The first-order valence-corrected chi connectivity index (χ1v) is 10.0. The molecule has 0 radical (unpaired) electrons. The Morgan fingerprint density at radius 2 is 1.79 bits per heavy atom. The SMILES string of the molecule is CCCCOC(=O)c1ccc(N2C(=O)CC(N3CCC(C(=O)O)CC3)C2=O)cc1. The molecule has 2 fully saturated rings. The van der Waals surface area contributed by atoms with Crippen molar-refractivity contribution in [2.75, 3.05) is 24.6 Å². The number of carbonyl (C=O) groups excluding carboxylic acids is 3. The maximum atomic E-state index is 12.9. The maximum Gasteiger partial charge on any atom is 0.338 e. The molecule has 1 unspecified atom stereocenters. The predicted octanol–water partition coefficient (Wildman–Crippen LogP) is 2.07. The fraction of sp³-hybridized carbons (Fsp3) is 0.524. The lowest BCUT2D eigenvalue weighted by Crippen LogP contribution is -2.46. The second-order valence-electron chi connectivity index (χ2n) is 7.47. The van der Waals surface area contributed by atoms with Gasteiger partial charge in [-0.05, 0) is 56.6 Å². The number of piperidine rings is 1. The highest BCUT2D eigenvalue weighted by molar-refractivity contribution is 6.22. The van der Waals surface area contributed by atoms with Gasteiger partial charge in [0.25, 0.3) is 5.91 Å². The van der Waals surface area contributed by atoms with Crippen molar-refractivity contribution < 1.29 is 29.0 Å². The molecular formula is C21H26N2O6. The zero-order valence-corrected chi connectivity index (χ0v) is 16.5. The van der Waals surface area contributed by atoms with E-state index in [1.807, 2.05) is 11.8 Å². The Hall–Kier alpha value is -2.74. The molecule has 2 aliphatic heterocycles. The van der Waals surface area contributed by atoms with Crippen molar-refractivity contribution in [1.82, 2.24) is 4.90 Å². The number of carbonyl (C=O) groups is 4. The molecule has 3 rings (SSSR count). The number of hydrogen-bond donors (Lipinski definition) is 1. The molecule has 0 bridgehead atoms. The third-order valence-electron chi connectivity index (χ3n) is 5.53. The molecule has 2 heterocycles. The normalized spacial score (nSPS) is 20.9. The van der Waals surface area contributed by atoms with E-state index in [4.69, 9.17) is 9.84 Å². The summed E-state index contributed by atoms with van der Waals surface area (Å²) in [4.78, 5) is 51.5. The van der Waals surface area contributed by atoms with E-state index in [2.05, 4.69) is 0 Å². The summed E-state index contributed by atoms with van der Waals surface area (Å²) < 4.78 is 5.16. The zero-order valence-electron chi connectivity index (χ0n) is 16.5. The van der Waals surface area contributed by atoms with Crippen LogP contribution in [-0.4, -0.2) is 59.5 Å². The summed E-state index contributed by atoms with van der Waals surface area (Å²) in [6.07, 6.45) is 2.76. The highest BCUT2D eigenvalue weighted by atomic mass is 16.5. The van der Waals surface area contributed by atoms with Gasteiger partial charge in [-0.25, -0.2) is 9.69 Å². The molecule has 2 aliphatic rings. The number of imide groups is 1. The molecule has 1 aromatic rings. The summed E-state index contributed by atoms with van der Waals surface area (Å²) in [5.41, 5.74) is 0.796. The number of anilines is 1. The van der Waals surface area contributed by atoms with E-state index in [0.29, 0.717) is 43.8 Å².